The summed E-state index contributed by atoms with van der Waals surface area (Å²) in [6.07, 6.45) is 6.99. The molecule has 1 aromatic carbocycles. The Kier molecular flexibility index (Phi) is 5.49. The predicted molar refractivity (Wildman–Crippen MR) is 128 cm³/mol. The van der Waals surface area contributed by atoms with Gasteiger partial charge in [0.15, 0.2) is 5.82 Å². The number of ketones is 1. The van der Waals surface area contributed by atoms with Crippen LogP contribution >= 0.6 is 0 Å². The van der Waals surface area contributed by atoms with Crippen LogP contribution in [0.5, 0.6) is 0 Å². The van der Waals surface area contributed by atoms with Crippen LogP contribution in [0.3, 0.4) is 0 Å². The van der Waals surface area contributed by atoms with Crippen LogP contribution in [0, 0.1) is 11.6 Å². The third-order valence-electron chi connectivity index (χ3n) is 6.42. The summed E-state index contributed by atoms with van der Waals surface area (Å²) < 4.78 is 70.6. The molecule has 3 aromatic heterocycles. The molecule has 0 bridgehead atoms. The molecule has 37 heavy (non-hydrogen) atoms. The number of benzene rings is 1. The first-order chi connectivity index (χ1) is 17.7. The van der Waals surface area contributed by atoms with Gasteiger partial charge in [0, 0.05) is 65.9 Å². The van der Waals surface area contributed by atoms with E-state index in [1.54, 1.807) is 24.7 Å². The number of nitrogens with one attached hydrogen (secondary N) is 2. The lowest BCUT2D eigenvalue weighted by Crippen LogP contribution is -2.53. The van der Waals surface area contributed by atoms with E-state index < -0.39 is 45.0 Å². The zero-order valence-corrected chi connectivity index (χ0v) is 19.9. The number of hydrogen-bond acceptors (Lipinski definition) is 6. The SMILES string of the molecule is O=C(c1c(F)ccc(NS(=O)(=O)N2CC(F)C2)c1F)c1c[nH]c2ncc(-c3cnc(C4CC4)nc3)cc12. The molecule has 1 aliphatic heterocycles. The van der Waals surface area contributed by atoms with E-state index in [1.165, 1.54) is 6.20 Å². The van der Waals surface area contributed by atoms with Gasteiger partial charge in [-0.25, -0.2) is 28.1 Å². The van der Waals surface area contributed by atoms with Crippen LogP contribution in [0.15, 0.2) is 43.0 Å². The Morgan fingerprint density at radius 1 is 1.05 bits per heavy atom. The van der Waals surface area contributed by atoms with Crippen LogP contribution in [-0.2, 0) is 10.2 Å². The van der Waals surface area contributed by atoms with Crippen LogP contribution in [0.2, 0.25) is 0 Å². The van der Waals surface area contributed by atoms with Gasteiger partial charge in [0.2, 0.25) is 5.78 Å². The average molecular weight is 529 g/mol. The van der Waals surface area contributed by atoms with Crippen molar-refractivity contribution in [1.29, 1.82) is 0 Å². The number of pyridine rings is 1. The monoisotopic (exact) mass is 528 g/mol. The first-order valence-electron chi connectivity index (χ1n) is 11.5. The molecule has 0 unspecified atom stereocenters. The van der Waals surface area contributed by atoms with Crippen LogP contribution in [0.25, 0.3) is 22.2 Å². The van der Waals surface area contributed by atoms with E-state index in [0.717, 1.165) is 35.1 Å². The quantitative estimate of drug-likeness (QED) is 0.353. The van der Waals surface area contributed by atoms with Crippen molar-refractivity contribution >= 4 is 32.7 Å². The fourth-order valence-electron chi connectivity index (χ4n) is 4.15. The number of anilines is 1. The van der Waals surface area contributed by atoms with E-state index in [1.807, 2.05) is 4.72 Å². The second-order valence-electron chi connectivity index (χ2n) is 9.06. The van der Waals surface area contributed by atoms with Gasteiger partial charge in [-0.3, -0.25) is 9.52 Å². The van der Waals surface area contributed by atoms with Crippen molar-refractivity contribution in [2.24, 2.45) is 0 Å². The molecule has 2 aliphatic rings. The van der Waals surface area contributed by atoms with Crippen LogP contribution < -0.4 is 4.72 Å². The maximum absolute atomic E-state index is 15.3. The van der Waals surface area contributed by atoms with E-state index in [4.69, 9.17) is 0 Å². The maximum Gasteiger partial charge on any atom is 0.301 e. The molecular weight excluding hydrogens is 509 g/mol. The average Bonchev–Trinajstić information content (AvgIpc) is 3.62. The fraction of sp³-hybridized carbons (Fsp3) is 0.250. The second-order valence-corrected chi connectivity index (χ2v) is 10.7. The summed E-state index contributed by atoms with van der Waals surface area (Å²) in [6.45, 7) is -0.744. The summed E-state index contributed by atoms with van der Waals surface area (Å²) in [5.41, 5.74) is -0.0332. The van der Waals surface area contributed by atoms with Gasteiger partial charge in [0.05, 0.1) is 11.3 Å². The largest absolute Gasteiger partial charge is 0.345 e. The molecule has 4 aromatic rings. The van der Waals surface area contributed by atoms with Gasteiger partial charge < -0.3 is 4.98 Å². The van der Waals surface area contributed by atoms with Crippen LogP contribution in [-0.4, -0.2) is 57.7 Å². The maximum atomic E-state index is 15.3. The Bertz CT molecular complexity index is 1650. The van der Waals surface area contributed by atoms with Gasteiger partial charge in [-0.15, -0.1) is 0 Å². The minimum Gasteiger partial charge on any atom is -0.345 e. The second kappa shape index (κ2) is 8.63. The molecule has 0 amide bonds. The van der Waals surface area contributed by atoms with Crippen LogP contribution in [0.1, 0.15) is 40.5 Å². The highest BCUT2D eigenvalue weighted by atomic mass is 32.2. The van der Waals surface area contributed by atoms with Gasteiger partial charge in [-0.2, -0.15) is 12.7 Å². The molecule has 9 nitrogen and oxygen atoms in total. The molecule has 0 radical (unpaired) electrons. The number of aromatic amines is 1. The number of alkyl halides is 1. The number of H-pyrrole nitrogens is 1. The van der Waals surface area contributed by atoms with Crippen LogP contribution in [0.4, 0.5) is 18.9 Å². The summed E-state index contributed by atoms with van der Waals surface area (Å²) in [6, 6.07) is 3.30. The Morgan fingerprint density at radius 3 is 2.43 bits per heavy atom. The Balaban J connectivity index is 1.34. The van der Waals surface area contributed by atoms with E-state index in [-0.39, 0.29) is 18.7 Å². The van der Waals surface area contributed by atoms with Crippen molar-refractivity contribution in [2.45, 2.75) is 24.9 Å². The predicted octanol–water partition coefficient (Wildman–Crippen LogP) is 3.72. The summed E-state index contributed by atoms with van der Waals surface area (Å²) in [4.78, 5) is 29.2. The molecule has 2 N–H and O–H groups in total. The minimum atomic E-state index is -4.28. The van der Waals surface area contributed by atoms with E-state index >= 15 is 4.39 Å². The molecule has 190 valence electrons. The van der Waals surface area contributed by atoms with E-state index in [9.17, 15) is 22.0 Å². The topological polar surface area (TPSA) is 121 Å². The van der Waals surface area contributed by atoms with E-state index in [0.29, 0.717) is 28.1 Å². The Morgan fingerprint density at radius 2 is 1.76 bits per heavy atom. The molecule has 1 saturated heterocycles. The third kappa shape index (κ3) is 4.23. The molecule has 1 aliphatic carbocycles. The summed E-state index contributed by atoms with van der Waals surface area (Å²) in [7, 11) is -4.28. The van der Waals surface area contributed by atoms with Gasteiger partial charge in [0.25, 0.3) is 0 Å². The van der Waals surface area contributed by atoms with Crippen molar-refractivity contribution in [2.75, 3.05) is 17.8 Å². The van der Waals surface area contributed by atoms with Crippen molar-refractivity contribution < 1.29 is 26.4 Å². The highest BCUT2D eigenvalue weighted by Gasteiger charge is 2.37. The Hall–Kier alpha value is -3.84. The number of halogens is 3. The zero-order valence-electron chi connectivity index (χ0n) is 19.1. The van der Waals surface area contributed by atoms with Gasteiger partial charge >= 0.3 is 10.2 Å². The molecular formula is C24H19F3N6O3S. The van der Waals surface area contributed by atoms with Crippen molar-refractivity contribution in [3.63, 3.8) is 0 Å². The standard InChI is InChI=1S/C24H19F3N6O3S/c25-15-10-33(11-15)37(35,36)32-19-4-3-18(26)20(21(19)27)22(34)17-9-31-24-16(17)5-13(6-30-24)14-7-28-23(29-8-14)12-1-2-12/h3-9,12,15,32H,1-2,10-11H2,(H,30,31). The lowest BCUT2D eigenvalue weighted by atomic mass is 10.0. The van der Waals surface area contributed by atoms with Gasteiger partial charge in [0.1, 0.15) is 23.5 Å². The number of aromatic nitrogens is 4. The molecule has 0 atom stereocenters. The number of carbonyl (C=O) groups is 1. The van der Waals surface area contributed by atoms with Gasteiger partial charge in [-0.05, 0) is 31.0 Å². The Labute approximate surface area is 209 Å². The first-order valence-corrected chi connectivity index (χ1v) is 12.9. The fourth-order valence-corrected chi connectivity index (χ4v) is 5.43. The smallest absolute Gasteiger partial charge is 0.301 e. The van der Waals surface area contributed by atoms with E-state index in [2.05, 4.69) is 19.9 Å². The minimum absolute atomic E-state index is 0.0549. The molecule has 13 heteroatoms. The zero-order chi connectivity index (χ0) is 25.9. The van der Waals surface area contributed by atoms with Gasteiger partial charge in [-0.1, -0.05) is 0 Å². The first kappa shape index (κ1) is 23.6. The van der Waals surface area contributed by atoms with Crippen molar-refractivity contribution in [1.82, 2.24) is 24.2 Å². The highest BCUT2D eigenvalue weighted by molar-refractivity contribution is 7.90. The highest BCUT2D eigenvalue weighted by Crippen LogP contribution is 2.38. The molecule has 0 spiro atoms. The normalized spacial score (nSPS) is 16.6. The number of hydrogen-bond donors (Lipinski definition) is 2. The molecule has 4 heterocycles. The number of fused-ring (bicyclic) bond motifs is 1. The van der Waals surface area contributed by atoms with Crippen molar-refractivity contribution in [3.05, 3.63) is 71.6 Å². The van der Waals surface area contributed by atoms with Crippen molar-refractivity contribution in [3.8, 4) is 11.1 Å². The lowest BCUT2D eigenvalue weighted by Gasteiger charge is -2.33. The number of rotatable bonds is 7. The summed E-state index contributed by atoms with van der Waals surface area (Å²) in [5, 5.41) is 0.313. The lowest BCUT2D eigenvalue weighted by molar-refractivity contribution is 0.103. The third-order valence-corrected chi connectivity index (χ3v) is 7.88. The molecule has 6 rings (SSSR count). The number of carbonyl (C=O) groups excluding carboxylic acids is 1. The molecule has 2 fully saturated rings. The summed E-state index contributed by atoms with van der Waals surface area (Å²) >= 11 is 0. The molecule has 1 saturated carbocycles. The number of nitrogens with zero attached hydrogens (tertiary/aromatic N) is 4. The summed E-state index contributed by atoms with van der Waals surface area (Å²) in [5.74, 6) is -2.39.